The van der Waals surface area contributed by atoms with Crippen LogP contribution in [0.5, 0.6) is 0 Å². The number of piperazine rings is 1. The van der Waals surface area contributed by atoms with E-state index in [1.807, 2.05) is 6.92 Å². The van der Waals surface area contributed by atoms with Gasteiger partial charge in [-0.15, -0.1) is 0 Å². The highest BCUT2D eigenvalue weighted by Gasteiger charge is 2.18. The van der Waals surface area contributed by atoms with Gasteiger partial charge in [-0.1, -0.05) is 0 Å². The third-order valence-electron chi connectivity index (χ3n) is 2.63. The molecular weight excluding hydrogens is 178 g/mol. The molecule has 2 heterocycles. The summed E-state index contributed by atoms with van der Waals surface area (Å²) in [6, 6.07) is 0. The molecule has 0 bridgehead atoms. The third-order valence-corrected chi connectivity index (χ3v) is 2.63. The van der Waals surface area contributed by atoms with Gasteiger partial charge in [0.1, 0.15) is 11.6 Å². The molecule has 78 valence electrons. The van der Waals surface area contributed by atoms with Crippen molar-refractivity contribution < 1.29 is 0 Å². The van der Waals surface area contributed by atoms with Crippen LogP contribution in [0, 0.1) is 6.92 Å². The third kappa shape index (κ3) is 1.68. The highest BCUT2D eigenvalue weighted by Crippen LogP contribution is 2.20. The number of nitrogens with one attached hydrogen (secondary N) is 1. The predicted octanol–water partition coefficient (Wildman–Crippen LogP) is 0.0521. The lowest BCUT2D eigenvalue weighted by atomic mass is 10.3. The number of anilines is 2. The van der Waals surface area contributed by atoms with Crippen molar-refractivity contribution in [3.63, 3.8) is 0 Å². The number of hydrogen-bond acceptors (Lipinski definition) is 4. The van der Waals surface area contributed by atoms with Crippen molar-refractivity contribution >= 4 is 11.6 Å². The first-order chi connectivity index (χ1) is 6.66. The molecule has 0 unspecified atom stereocenters. The molecule has 0 aliphatic carbocycles. The number of aromatic amines is 1. The van der Waals surface area contributed by atoms with Crippen LogP contribution in [-0.4, -0.2) is 48.1 Å². The minimum Gasteiger partial charge on any atom is -0.382 e. The van der Waals surface area contributed by atoms with Crippen molar-refractivity contribution in [3.8, 4) is 0 Å². The smallest absolute Gasteiger partial charge is 0.171 e. The van der Waals surface area contributed by atoms with Gasteiger partial charge in [0.2, 0.25) is 0 Å². The number of imidazole rings is 1. The maximum Gasteiger partial charge on any atom is 0.171 e. The van der Waals surface area contributed by atoms with Gasteiger partial charge in [-0.25, -0.2) is 4.98 Å². The van der Waals surface area contributed by atoms with E-state index in [-0.39, 0.29) is 0 Å². The van der Waals surface area contributed by atoms with Gasteiger partial charge < -0.3 is 20.5 Å². The summed E-state index contributed by atoms with van der Waals surface area (Å²) in [5.74, 6) is 2.49. The van der Waals surface area contributed by atoms with Gasteiger partial charge in [0.05, 0.1) is 0 Å². The van der Waals surface area contributed by atoms with E-state index in [1.54, 1.807) is 0 Å². The van der Waals surface area contributed by atoms with E-state index < -0.39 is 0 Å². The first kappa shape index (κ1) is 9.33. The number of nitrogens with two attached hydrogens (primary N) is 1. The topological polar surface area (TPSA) is 61.2 Å². The van der Waals surface area contributed by atoms with Crippen molar-refractivity contribution in [1.82, 2.24) is 14.9 Å². The van der Waals surface area contributed by atoms with E-state index in [4.69, 9.17) is 5.73 Å². The summed E-state index contributed by atoms with van der Waals surface area (Å²) in [6.45, 7) is 6.09. The number of aromatic nitrogens is 2. The Morgan fingerprint density at radius 3 is 2.43 bits per heavy atom. The molecule has 1 aromatic heterocycles. The van der Waals surface area contributed by atoms with E-state index in [0.717, 1.165) is 37.8 Å². The molecule has 0 radical (unpaired) electrons. The summed E-state index contributed by atoms with van der Waals surface area (Å²) in [5, 5.41) is 0. The first-order valence-corrected chi connectivity index (χ1v) is 4.92. The number of likely N-dealkylation sites (N-methyl/N-ethyl adjacent to an activating group) is 1. The molecule has 1 fully saturated rings. The Balaban J connectivity index is 2.11. The van der Waals surface area contributed by atoms with Crippen molar-refractivity contribution in [3.05, 3.63) is 5.82 Å². The standard InChI is InChI=1S/C9H17N5/c1-7-11-8(10)9(12-7)14-5-3-13(2)4-6-14/h3-6,10H2,1-2H3,(H,11,12). The molecule has 3 N–H and O–H groups in total. The number of aryl methyl sites for hydroxylation is 1. The summed E-state index contributed by atoms with van der Waals surface area (Å²) in [4.78, 5) is 12.0. The van der Waals surface area contributed by atoms with E-state index >= 15 is 0 Å². The molecule has 5 heteroatoms. The maximum absolute atomic E-state index is 5.83. The average Bonchev–Trinajstić information content (AvgIpc) is 2.47. The minimum absolute atomic E-state index is 0.687. The van der Waals surface area contributed by atoms with Gasteiger partial charge in [0, 0.05) is 26.2 Å². The Bertz CT molecular complexity index is 311. The molecule has 1 saturated heterocycles. The largest absolute Gasteiger partial charge is 0.382 e. The number of H-pyrrole nitrogens is 1. The number of nitrogen functional groups attached to an aromatic ring is 1. The van der Waals surface area contributed by atoms with Crippen LogP contribution in [0.25, 0.3) is 0 Å². The fourth-order valence-electron chi connectivity index (χ4n) is 1.76. The Labute approximate surface area is 83.9 Å². The summed E-state index contributed by atoms with van der Waals surface area (Å²) >= 11 is 0. The number of rotatable bonds is 1. The lowest BCUT2D eigenvalue weighted by Gasteiger charge is -2.32. The van der Waals surface area contributed by atoms with Gasteiger partial charge in [-0.3, -0.25) is 0 Å². The summed E-state index contributed by atoms with van der Waals surface area (Å²) in [5.41, 5.74) is 5.83. The monoisotopic (exact) mass is 195 g/mol. The summed E-state index contributed by atoms with van der Waals surface area (Å²) in [7, 11) is 2.14. The summed E-state index contributed by atoms with van der Waals surface area (Å²) in [6.07, 6.45) is 0. The minimum atomic E-state index is 0.687. The Morgan fingerprint density at radius 1 is 1.29 bits per heavy atom. The predicted molar refractivity (Wildman–Crippen MR) is 57.4 cm³/mol. The van der Waals surface area contributed by atoms with Crippen LogP contribution in [0.1, 0.15) is 5.82 Å². The number of hydrogen-bond donors (Lipinski definition) is 2. The van der Waals surface area contributed by atoms with Crippen molar-refractivity contribution in [2.24, 2.45) is 0 Å². The van der Waals surface area contributed by atoms with Crippen LogP contribution < -0.4 is 10.6 Å². The van der Waals surface area contributed by atoms with Crippen LogP contribution in [0.4, 0.5) is 11.6 Å². The molecule has 1 aliphatic heterocycles. The molecule has 1 aliphatic rings. The molecule has 1 aromatic rings. The van der Waals surface area contributed by atoms with Crippen LogP contribution in [0.3, 0.4) is 0 Å². The van der Waals surface area contributed by atoms with E-state index in [9.17, 15) is 0 Å². The lowest BCUT2D eigenvalue weighted by Crippen LogP contribution is -2.44. The fourth-order valence-corrected chi connectivity index (χ4v) is 1.76. The van der Waals surface area contributed by atoms with Gasteiger partial charge in [0.25, 0.3) is 0 Å². The van der Waals surface area contributed by atoms with E-state index in [2.05, 4.69) is 26.8 Å². The van der Waals surface area contributed by atoms with Gasteiger partial charge in [-0.05, 0) is 14.0 Å². The van der Waals surface area contributed by atoms with E-state index in [0.29, 0.717) is 5.82 Å². The highest BCUT2D eigenvalue weighted by molar-refractivity contribution is 5.59. The average molecular weight is 195 g/mol. The lowest BCUT2D eigenvalue weighted by molar-refractivity contribution is 0.312. The quantitative estimate of drug-likeness (QED) is 0.665. The second-order valence-corrected chi connectivity index (χ2v) is 3.85. The van der Waals surface area contributed by atoms with Gasteiger partial charge >= 0.3 is 0 Å². The first-order valence-electron chi connectivity index (χ1n) is 4.92. The zero-order valence-corrected chi connectivity index (χ0v) is 8.75. The second-order valence-electron chi connectivity index (χ2n) is 3.85. The molecule has 5 nitrogen and oxygen atoms in total. The molecular formula is C9H17N5. The SMILES string of the molecule is Cc1nc(N2CCN(C)CC2)c(N)[nH]1. The molecule has 0 amide bonds. The van der Waals surface area contributed by atoms with Crippen LogP contribution >= 0.6 is 0 Å². The zero-order chi connectivity index (χ0) is 10.1. The summed E-state index contributed by atoms with van der Waals surface area (Å²) < 4.78 is 0. The van der Waals surface area contributed by atoms with Crippen molar-refractivity contribution in [1.29, 1.82) is 0 Å². The molecule has 2 rings (SSSR count). The normalized spacial score (nSPS) is 18.9. The molecule has 0 aromatic carbocycles. The molecule has 0 spiro atoms. The Kier molecular flexibility index (Phi) is 2.33. The van der Waals surface area contributed by atoms with Crippen LogP contribution in [0.15, 0.2) is 0 Å². The Hall–Kier alpha value is -1.23. The number of nitrogens with zero attached hydrogens (tertiary/aromatic N) is 3. The Morgan fingerprint density at radius 2 is 1.93 bits per heavy atom. The van der Waals surface area contributed by atoms with Gasteiger partial charge in [0.15, 0.2) is 5.82 Å². The highest BCUT2D eigenvalue weighted by atomic mass is 15.3. The fraction of sp³-hybridized carbons (Fsp3) is 0.667. The van der Waals surface area contributed by atoms with Crippen LogP contribution in [0.2, 0.25) is 0 Å². The van der Waals surface area contributed by atoms with Crippen molar-refractivity contribution in [2.45, 2.75) is 6.92 Å². The van der Waals surface area contributed by atoms with Crippen LogP contribution in [-0.2, 0) is 0 Å². The zero-order valence-electron chi connectivity index (χ0n) is 8.75. The second kappa shape index (κ2) is 3.49. The van der Waals surface area contributed by atoms with Gasteiger partial charge in [-0.2, -0.15) is 0 Å². The maximum atomic E-state index is 5.83. The van der Waals surface area contributed by atoms with Crippen molar-refractivity contribution in [2.75, 3.05) is 43.9 Å². The van der Waals surface area contributed by atoms with E-state index in [1.165, 1.54) is 0 Å². The molecule has 14 heavy (non-hydrogen) atoms. The molecule has 0 atom stereocenters. The molecule has 0 saturated carbocycles.